The van der Waals surface area contributed by atoms with E-state index in [1.807, 2.05) is 0 Å². The molecule has 0 aliphatic rings. The maximum Gasteiger partial charge on any atom is 0.435 e. The van der Waals surface area contributed by atoms with Gasteiger partial charge in [-0.2, -0.15) is 18.3 Å². The summed E-state index contributed by atoms with van der Waals surface area (Å²) in [5.74, 6) is 0.216. The lowest BCUT2D eigenvalue weighted by Crippen LogP contribution is -2.12. The predicted molar refractivity (Wildman–Crippen MR) is 122 cm³/mol. The summed E-state index contributed by atoms with van der Waals surface area (Å²) >= 11 is 0. The van der Waals surface area contributed by atoms with Crippen molar-refractivity contribution in [1.82, 2.24) is 9.78 Å². The van der Waals surface area contributed by atoms with Crippen molar-refractivity contribution in [1.29, 1.82) is 0 Å². The van der Waals surface area contributed by atoms with E-state index >= 15 is 0 Å². The predicted octanol–water partition coefficient (Wildman–Crippen LogP) is 4.81. The van der Waals surface area contributed by atoms with E-state index < -0.39 is 29.5 Å². The Labute approximate surface area is 200 Å². The second kappa shape index (κ2) is 10.5. The third-order valence-corrected chi connectivity index (χ3v) is 7.26. The molecule has 0 unspecified atom stereocenters. The lowest BCUT2D eigenvalue weighted by Gasteiger charge is -2.17. The van der Waals surface area contributed by atoms with Crippen LogP contribution in [0, 0.1) is 0 Å². The van der Waals surface area contributed by atoms with Crippen molar-refractivity contribution in [3.63, 3.8) is 0 Å². The first-order valence-corrected chi connectivity index (χ1v) is 13.6. The Morgan fingerprint density at radius 2 is 1.66 bits per heavy atom. The van der Waals surface area contributed by atoms with Crippen LogP contribution in [0.2, 0.25) is 0 Å². The van der Waals surface area contributed by atoms with Gasteiger partial charge in [-0.3, -0.25) is 4.57 Å². The molecule has 0 saturated carbocycles. The number of hydrogen-bond donors (Lipinski definition) is 1. The van der Waals surface area contributed by atoms with Crippen LogP contribution in [0.25, 0.3) is 16.9 Å². The molecular weight excluding hydrogens is 510 g/mol. The zero-order chi connectivity index (χ0) is 25.9. The lowest BCUT2D eigenvalue weighted by molar-refractivity contribution is -0.141. The van der Waals surface area contributed by atoms with Crippen LogP contribution in [0.3, 0.4) is 0 Å². The van der Waals surface area contributed by atoms with Gasteiger partial charge >= 0.3 is 13.8 Å². The lowest BCUT2D eigenvalue weighted by atomic mass is 10.1. The molecule has 0 spiro atoms. The van der Waals surface area contributed by atoms with Crippen LogP contribution in [0.15, 0.2) is 59.5 Å². The number of alkyl halides is 3. The summed E-state index contributed by atoms with van der Waals surface area (Å²) in [6, 6.07) is 11.9. The molecule has 0 saturated heterocycles. The van der Waals surface area contributed by atoms with Crippen molar-refractivity contribution in [3.05, 3.63) is 60.3 Å². The summed E-state index contributed by atoms with van der Waals surface area (Å²) in [4.78, 5) is -0.200. The first-order chi connectivity index (χ1) is 16.4. The number of nitrogens with zero attached hydrogens (tertiary/aromatic N) is 2. The zero-order valence-corrected chi connectivity index (χ0v) is 20.4. The van der Waals surface area contributed by atoms with E-state index in [-0.39, 0.29) is 41.6 Å². The van der Waals surface area contributed by atoms with E-state index in [9.17, 15) is 26.2 Å². The van der Waals surface area contributed by atoms with Crippen LogP contribution >= 0.6 is 7.60 Å². The molecule has 9 nitrogen and oxygen atoms in total. The van der Waals surface area contributed by atoms with E-state index in [4.69, 9.17) is 18.9 Å². The number of primary sulfonamides is 1. The fourth-order valence-electron chi connectivity index (χ4n) is 3.10. The molecule has 3 aromatic rings. The molecule has 0 aliphatic carbocycles. The van der Waals surface area contributed by atoms with Crippen LogP contribution in [0.1, 0.15) is 19.5 Å². The summed E-state index contributed by atoms with van der Waals surface area (Å²) in [5, 5.41) is 8.76. The molecule has 2 N–H and O–H groups in total. The van der Waals surface area contributed by atoms with Crippen LogP contribution < -0.4 is 9.88 Å². The molecule has 2 aromatic carbocycles. The van der Waals surface area contributed by atoms with Gasteiger partial charge in [0.05, 0.1) is 29.5 Å². The van der Waals surface area contributed by atoms with Crippen LogP contribution in [-0.2, 0) is 29.8 Å². The van der Waals surface area contributed by atoms with E-state index in [1.165, 1.54) is 36.4 Å². The summed E-state index contributed by atoms with van der Waals surface area (Å²) in [7, 11) is -7.50. The minimum Gasteiger partial charge on any atom is -0.481 e. The number of rotatable bonds is 10. The van der Waals surface area contributed by atoms with E-state index in [2.05, 4.69) is 5.10 Å². The Morgan fingerprint density at radius 1 is 1.03 bits per heavy atom. The molecule has 1 aromatic heterocycles. The van der Waals surface area contributed by atoms with Gasteiger partial charge in [0, 0.05) is 5.56 Å². The number of sulfonamides is 1. The van der Waals surface area contributed by atoms with Crippen LogP contribution in [-0.4, -0.2) is 37.8 Å². The first kappa shape index (κ1) is 26.9. The minimum atomic E-state index is -4.73. The number of benzene rings is 2. The van der Waals surface area contributed by atoms with Crippen LogP contribution in [0.5, 0.6) is 5.75 Å². The number of nitrogens with two attached hydrogens (primary N) is 1. The fourth-order valence-corrected chi connectivity index (χ4v) is 4.94. The van der Waals surface area contributed by atoms with E-state index in [1.54, 1.807) is 26.0 Å². The molecule has 3 rings (SSSR count). The highest BCUT2D eigenvalue weighted by Gasteiger charge is 2.35. The van der Waals surface area contributed by atoms with Gasteiger partial charge < -0.3 is 13.8 Å². The number of aromatic nitrogens is 2. The molecule has 1 heterocycles. The van der Waals surface area contributed by atoms with Gasteiger partial charge in [-0.25, -0.2) is 18.2 Å². The third kappa shape index (κ3) is 6.71. The third-order valence-electron chi connectivity index (χ3n) is 4.58. The second-order valence-electron chi connectivity index (χ2n) is 7.11. The standard InChI is InChI=1S/C21H23F3N3O6PS/c1-3-32-34(28,33-4-2)14-31-17-7-5-6-15(12-17)19-13-20(21(22,23)24)26-27(19)16-8-10-18(11-9-16)35(25,29)30/h5-13H,3-4,14H2,1-2H3,(H2,25,29,30). The Balaban J connectivity index is 2.00. The van der Waals surface area contributed by atoms with E-state index in [0.717, 1.165) is 10.7 Å². The van der Waals surface area contributed by atoms with Gasteiger partial charge in [0.1, 0.15) is 5.75 Å². The first-order valence-electron chi connectivity index (χ1n) is 10.3. The van der Waals surface area contributed by atoms with Gasteiger partial charge in [0.25, 0.3) is 0 Å². The quantitative estimate of drug-likeness (QED) is 0.371. The molecule has 35 heavy (non-hydrogen) atoms. The van der Waals surface area contributed by atoms with Gasteiger partial charge in [-0.15, -0.1) is 0 Å². The largest absolute Gasteiger partial charge is 0.481 e. The molecule has 0 fully saturated rings. The average molecular weight is 533 g/mol. The van der Waals surface area contributed by atoms with Gasteiger partial charge in [-0.05, 0) is 56.3 Å². The number of halogens is 3. The molecule has 0 aliphatic heterocycles. The monoisotopic (exact) mass is 533 g/mol. The molecule has 14 heteroatoms. The van der Waals surface area contributed by atoms with E-state index in [0.29, 0.717) is 5.56 Å². The molecule has 0 atom stereocenters. The summed E-state index contributed by atoms with van der Waals surface area (Å²) in [5.41, 5.74) is -0.606. The van der Waals surface area contributed by atoms with Crippen molar-refractivity contribution >= 4 is 17.6 Å². The molecule has 0 bridgehead atoms. The van der Waals surface area contributed by atoms with Crippen molar-refractivity contribution in [2.75, 3.05) is 19.6 Å². The smallest absolute Gasteiger partial charge is 0.435 e. The Bertz CT molecular complexity index is 1320. The van der Waals surface area contributed by atoms with Crippen molar-refractivity contribution in [2.24, 2.45) is 5.14 Å². The highest BCUT2D eigenvalue weighted by molar-refractivity contribution is 7.89. The maximum atomic E-state index is 13.5. The SMILES string of the molecule is CCOP(=O)(COc1cccc(-c2cc(C(F)(F)F)nn2-c2ccc(S(N)(=O)=O)cc2)c1)OCC. The second-order valence-corrected chi connectivity index (χ2v) is 10.7. The normalized spacial score (nSPS) is 12.6. The zero-order valence-electron chi connectivity index (χ0n) is 18.7. The highest BCUT2D eigenvalue weighted by Crippen LogP contribution is 2.48. The summed E-state index contributed by atoms with van der Waals surface area (Å²) in [6.45, 7) is 3.59. The number of ether oxygens (including phenoxy) is 1. The molecular formula is C21H23F3N3O6PS. The molecule has 190 valence electrons. The Hall–Kier alpha value is -2.70. The van der Waals surface area contributed by atoms with Crippen molar-refractivity contribution < 1.29 is 39.9 Å². The van der Waals surface area contributed by atoms with Crippen molar-refractivity contribution in [2.45, 2.75) is 24.9 Å². The highest BCUT2D eigenvalue weighted by atomic mass is 32.2. The number of hydrogen-bond acceptors (Lipinski definition) is 7. The van der Waals surface area contributed by atoms with Gasteiger partial charge in [0.15, 0.2) is 12.0 Å². The Morgan fingerprint density at radius 3 is 2.20 bits per heavy atom. The van der Waals surface area contributed by atoms with Gasteiger partial charge in [-0.1, -0.05) is 12.1 Å². The molecule has 0 amide bonds. The topological polar surface area (TPSA) is 123 Å². The Kier molecular flexibility index (Phi) is 8.07. The van der Waals surface area contributed by atoms with Gasteiger partial charge in [0.2, 0.25) is 10.0 Å². The maximum absolute atomic E-state index is 13.5. The average Bonchev–Trinajstić information content (AvgIpc) is 3.24. The summed E-state index contributed by atoms with van der Waals surface area (Å²) < 4.78 is 93.0. The summed E-state index contributed by atoms with van der Waals surface area (Å²) in [6.07, 6.45) is -5.11. The van der Waals surface area contributed by atoms with Crippen LogP contribution in [0.4, 0.5) is 13.2 Å². The minimum absolute atomic E-state index is 0.0592. The molecule has 0 radical (unpaired) electrons. The van der Waals surface area contributed by atoms with Crippen molar-refractivity contribution in [3.8, 4) is 22.7 Å². The fraction of sp³-hybridized carbons (Fsp3) is 0.286.